The van der Waals surface area contributed by atoms with E-state index in [-0.39, 0.29) is 0 Å². The molecule has 1 unspecified atom stereocenters. The van der Waals surface area contributed by atoms with Crippen LogP contribution in [0, 0.1) is 0 Å². The van der Waals surface area contributed by atoms with Crippen LogP contribution in [0.25, 0.3) is 10.8 Å². The fraction of sp³-hybridized carbons (Fsp3) is 0.474. The molecule has 0 spiro atoms. The van der Waals surface area contributed by atoms with Crippen molar-refractivity contribution >= 4 is 10.8 Å². The molecule has 0 aromatic heterocycles. The van der Waals surface area contributed by atoms with Gasteiger partial charge in [-0.05, 0) is 37.1 Å². The molecule has 0 saturated heterocycles. The van der Waals surface area contributed by atoms with Crippen LogP contribution in [0.3, 0.4) is 0 Å². The van der Waals surface area contributed by atoms with Gasteiger partial charge in [-0.1, -0.05) is 42.8 Å². The maximum absolute atomic E-state index is 6.06. The average molecular weight is 284 g/mol. The molecular formula is C19H26NO+. The lowest BCUT2D eigenvalue weighted by atomic mass is 9.94. The normalized spacial score (nSPS) is 17.8. The largest absolute Gasteiger partial charge is 0.487 e. The van der Waals surface area contributed by atoms with Gasteiger partial charge in [-0.3, -0.25) is 0 Å². The molecule has 2 aromatic carbocycles. The molecular weight excluding hydrogens is 258 g/mol. The maximum Gasteiger partial charge on any atom is 0.137 e. The summed E-state index contributed by atoms with van der Waals surface area (Å²) in [5.41, 5.74) is 0. The van der Waals surface area contributed by atoms with Gasteiger partial charge in [0.15, 0.2) is 0 Å². The first-order valence-electron chi connectivity index (χ1n) is 8.27. The van der Waals surface area contributed by atoms with Gasteiger partial charge < -0.3 is 9.64 Å². The number of rotatable bonds is 5. The predicted molar refractivity (Wildman–Crippen MR) is 88.1 cm³/mol. The number of hydrogen-bond donors (Lipinski definition) is 1. The highest BCUT2D eigenvalue weighted by molar-refractivity contribution is 5.88. The number of fused-ring (bicyclic) bond motifs is 1. The third-order valence-electron chi connectivity index (χ3n) is 4.81. The second kappa shape index (κ2) is 6.95. The van der Waals surface area contributed by atoms with Gasteiger partial charge >= 0.3 is 0 Å². The van der Waals surface area contributed by atoms with Crippen LogP contribution in [0.1, 0.15) is 32.1 Å². The summed E-state index contributed by atoms with van der Waals surface area (Å²) in [5, 5.41) is 2.47. The Balaban J connectivity index is 1.56. The van der Waals surface area contributed by atoms with E-state index in [1.807, 2.05) is 0 Å². The van der Waals surface area contributed by atoms with E-state index in [1.54, 1.807) is 4.90 Å². The quantitative estimate of drug-likeness (QED) is 0.891. The zero-order valence-corrected chi connectivity index (χ0v) is 13.0. The molecule has 0 radical (unpaired) electrons. The van der Waals surface area contributed by atoms with Gasteiger partial charge in [-0.2, -0.15) is 0 Å². The Morgan fingerprint density at radius 1 is 1.00 bits per heavy atom. The van der Waals surface area contributed by atoms with E-state index in [9.17, 15) is 0 Å². The molecule has 0 amide bonds. The molecule has 2 heteroatoms. The zero-order valence-electron chi connectivity index (χ0n) is 13.0. The molecule has 0 aliphatic heterocycles. The van der Waals surface area contributed by atoms with Crippen molar-refractivity contribution in [2.45, 2.75) is 38.1 Å². The van der Waals surface area contributed by atoms with Gasteiger partial charge in [0, 0.05) is 5.39 Å². The van der Waals surface area contributed by atoms with Crippen molar-refractivity contribution in [3.05, 3.63) is 42.5 Å². The fourth-order valence-corrected chi connectivity index (χ4v) is 3.44. The summed E-state index contributed by atoms with van der Waals surface area (Å²) in [7, 11) is 2.32. The Bertz CT molecular complexity index is 569. The molecule has 1 atom stereocenters. The third kappa shape index (κ3) is 3.56. The van der Waals surface area contributed by atoms with Crippen LogP contribution in [-0.4, -0.2) is 26.2 Å². The highest BCUT2D eigenvalue weighted by atomic mass is 16.5. The Hall–Kier alpha value is -1.54. The number of ether oxygens (including phenoxy) is 1. The van der Waals surface area contributed by atoms with E-state index in [1.165, 1.54) is 42.9 Å². The Labute approximate surface area is 127 Å². The average Bonchev–Trinajstić information content (AvgIpc) is 2.56. The molecule has 2 aromatic rings. The molecule has 21 heavy (non-hydrogen) atoms. The van der Waals surface area contributed by atoms with Crippen molar-refractivity contribution in [1.29, 1.82) is 0 Å². The van der Waals surface area contributed by atoms with Gasteiger partial charge in [0.25, 0.3) is 0 Å². The molecule has 1 saturated carbocycles. The van der Waals surface area contributed by atoms with E-state index < -0.39 is 0 Å². The number of likely N-dealkylation sites (N-methyl/N-ethyl adjacent to an activating group) is 1. The number of hydrogen-bond acceptors (Lipinski definition) is 1. The Kier molecular flexibility index (Phi) is 4.76. The van der Waals surface area contributed by atoms with E-state index in [2.05, 4.69) is 49.5 Å². The molecule has 1 fully saturated rings. The summed E-state index contributed by atoms with van der Waals surface area (Å²) < 4.78 is 6.06. The third-order valence-corrected chi connectivity index (χ3v) is 4.81. The second-order valence-electron chi connectivity index (χ2n) is 6.26. The summed E-state index contributed by atoms with van der Waals surface area (Å²) in [5.74, 6) is 1.02. The van der Waals surface area contributed by atoms with E-state index in [4.69, 9.17) is 4.74 Å². The summed E-state index contributed by atoms with van der Waals surface area (Å²) in [6.07, 6.45) is 7.02. The summed E-state index contributed by atoms with van der Waals surface area (Å²) in [6.45, 7) is 1.89. The number of nitrogens with one attached hydrogen (secondary N) is 1. The molecule has 3 rings (SSSR count). The van der Waals surface area contributed by atoms with Crippen LogP contribution >= 0.6 is 0 Å². The van der Waals surface area contributed by atoms with Crippen molar-refractivity contribution in [3.8, 4) is 5.75 Å². The summed E-state index contributed by atoms with van der Waals surface area (Å²) in [4.78, 5) is 1.63. The highest BCUT2D eigenvalue weighted by Gasteiger charge is 2.20. The molecule has 0 heterocycles. The second-order valence-corrected chi connectivity index (χ2v) is 6.26. The fourth-order valence-electron chi connectivity index (χ4n) is 3.44. The first-order chi connectivity index (χ1) is 10.3. The first-order valence-corrected chi connectivity index (χ1v) is 8.27. The zero-order chi connectivity index (χ0) is 14.5. The minimum Gasteiger partial charge on any atom is -0.487 e. The van der Waals surface area contributed by atoms with E-state index >= 15 is 0 Å². The van der Waals surface area contributed by atoms with Crippen LogP contribution in [0.2, 0.25) is 0 Å². The standard InChI is InChI=1S/C19H25NO/c1-20(17-10-3-2-4-11-17)14-15-21-19-13-7-9-16-8-5-6-12-18(16)19/h5-9,12-13,17H,2-4,10-11,14-15H2,1H3/p+1. The molecule has 112 valence electrons. The maximum atomic E-state index is 6.06. The van der Waals surface area contributed by atoms with Crippen molar-refractivity contribution in [2.75, 3.05) is 20.2 Å². The Morgan fingerprint density at radius 3 is 2.62 bits per heavy atom. The monoisotopic (exact) mass is 284 g/mol. The Morgan fingerprint density at radius 2 is 1.76 bits per heavy atom. The predicted octanol–water partition coefficient (Wildman–Crippen LogP) is 3.07. The van der Waals surface area contributed by atoms with Crippen LogP contribution in [0.5, 0.6) is 5.75 Å². The van der Waals surface area contributed by atoms with Gasteiger partial charge in [0.1, 0.15) is 18.9 Å². The van der Waals surface area contributed by atoms with Crippen LogP contribution < -0.4 is 9.64 Å². The van der Waals surface area contributed by atoms with Crippen LogP contribution in [0.4, 0.5) is 0 Å². The summed E-state index contributed by atoms with van der Waals surface area (Å²) in [6, 6.07) is 15.6. The SMILES string of the molecule is C[NH+](CCOc1cccc2ccccc12)C1CCCCC1. The minimum absolute atomic E-state index is 0.802. The van der Waals surface area contributed by atoms with Crippen LogP contribution in [0.15, 0.2) is 42.5 Å². The van der Waals surface area contributed by atoms with Gasteiger partial charge in [-0.25, -0.2) is 0 Å². The molecule has 1 aliphatic carbocycles. The van der Waals surface area contributed by atoms with Crippen molar-refractivity contribution in [2.24, 2.45) is 0 Å². The lowest BCUT2D eigenvalue weighted by Gasteiger charge is -2.28. The molecule has 2 nitrogen and oxygen atoms in total. The highest BCUT2D eigenvalue weighted by Crippen LogP contribution is 2.24. The van der Waals surface area contributed by atoms with E-state index in [0.717, 1.165) is 24.9 Å². The van der Waals surface area contributed by atoms with Crippen molar-refractivity contribution < 1.29 is 9.64 Å². The van der Waals surface area contributed by atoms with Gasteiger partial charge in [0.05, 0.1) is 13.1 Å². The lowest BCUT2D eigenvalue weighted by molar-refractivity contribution is -0.907. The first kappa shape index (κ1) is 14.4. The van der Waals surface area contributed by atoms with Crippen LogP contribution in [-0.2, 0) is 0 Å². The topological polar surface area (TPSA) is 13.7 Å². The van der Waals surface area contributed by atoms with Crippen molar-refractivity contribution in [1.82, 2.24) is 0 Å². The number of benzene rings is 2. The minimum atomic E-state index is 0.802. The van der Waals surface area contributed by atoms with Gasteiger partial charge in [0.2, 0.25) is 0 Å². The van der Waals surface area contributed by atoms with Gasteiger partial charge in [-0.15, -0.1) is 0 Å². The smallest absolute Gasteiger partial charge is 0.137 e. The lowest BCUT2D eigenvalue weighted by Crippen LogP contribution is -3.13. The van der Waals surface area contributed by atoms with Crippen molar-refractivity contribution in [3.63, 3.8) is 0 Å². The molecule has 0 bridgehead atoms. The number of quaternary nitrogens is 1. The summed E-state index contributed by atoms with van der Waals surface area (Å²) >= 11 is 0. The molecule has 1 N–H and O–H groups in total. The van der Waals surface area contributed by atoms with E-state index in [0.29, 0.717) is 0 Å². The molecule has 1 aliphatic rings.